The van der Waals surface area contributed by atoms with Gasteiger partial charge in [0.2, 0.25) is 0 Å². The molecular formula is C10H8ClFOS. The number of benzene rings is 1. The van der Waals surface area contributed by atoms with Crippen LogP contribution in [0.4, 0.5) is 4.39 Å². The van der Waals surface area contributed by atoms with Crippen molar-refractivity contribution in [3.05, 3.63) is 28.4 Å². The Labute approximate surface area is 90.1 Å². The van der Waals surface area contributed by atoms with E-state index in [-0.39, 0.29) is 5.82 Å². The summed E-state index contributed by atoms with van der Waals surface area (Å²) in [7, 11) is 0. The van der Waals surface area contributed by atoms with Crippen molar-refractivity contribution < 1.29 is 9.13 Å². The first-order valence-electron chi connectivity index (χ1n) is 4.22. The fraction of sp³-hybridized carbons (Fsp3) is 0.200. The monoisotopic (exact) mass is 230 g/mol. The Morgan fingerprint density at radius 1 is 1.50 bits per heavy atom. The van der Waals surface area contributed by atoms with Crippen molar-refractivity contribution in [2.45, 2.75) is 6.92 Å². The lowest BCUT2D eigenvalue weighted by atomic mass is 10.2. The summed E-state index contributed by atoms with van der Waals surface area (Å²) >= 11 is 7.05. The predicted molar refractivity (Wildman–Crippen MR) is 58.0 cm³/mol. The van der Waals surface area contributed by atoms with E-state index in [0.717, 1.165) is 5.39 Å². The molecule has 74 valence electrons. The van der Waals surface area contributed by atoms with Crippen molar-refractivity contribution in [2.24, 2.45) is 0 Å². The second-order valence-electron chi connectivity index (χ2n) is 2.77. The van der Waals surface area contributed by atoms with E-state index in [1.165, 1.54) is 17.4 Å². The van der Waals surface area contributed by atoms with E-state index in [1.807, 2.05) is 6.92 Å². The second kappa shape index (κ2) is 3.75. The van der Waals surface area contributed by atoms with Gasteiger partial charge in [-0.15, -0.1) is 11.3 Å². The van der Waals surface area contributed by atoms with Gasteiger partial charge in [-0.05, 0) is 25.1 Å². The minimum absolute atomic E-state index is 0.250. The molecule has 0 saturated carbocycles. The maximum absolute atomic E-state index is 13.3. The molecule has 4 heteroatoms. The zero-order chi connectivity index (χ0) is 10.1. The lowest BCUT2D eigenvalue weighted by molar-refractivity contribution is 0.344. The van der Waals surface area contributed by atoms with E-state index >= 15 is 0 Å². The van der Waals surface area contributed by atoms with Crippen molar-refractivity contribution in [1.82, 2.24) is 0 Å². The fourth-order valence-electron chi connectivity index (χ4n) is 1.32. The van der Waals surface area contributed by atoms with Gasteiger partial charge >= 0.3 is 0 Å². The maximum Gasteiger partial charge on any atom is 0.141 e. The van der Waals surface area contributed by atoms with Gasteiger partial charge in [0.25, 0.3) is 0 Å². The number of rotatable bonds is 2. The normalized spacial score (nSPS) is 10.8. The van der Waals surface area contributed by atoms with Crippen molar-refractivity contribution in [2.75, 3.05) is 6.61 Å². The van der Waals surface area contributed by atoms with Crippen LogP contribution in [-0.4, -0.2) is 6.61 Å². The SMILES string of the molecule is CCOc1ccc(F)c2sc(Cl)cc12. The molecule has 0 aliphatic heterocycles. The molecule has 1 heterocycles. The van der Waals surface area contributed by atoms with E-state index < -0.39 is 0 Å². The predicted octanol–water partition coefficient (Wildman–Crippen LogP) is 4.09. The molecule has 0 radical (unpaired) electrons. The molecule has 0 bridgehead atoms. The Balaban J connectivity index is 2.68. The molecule has 0 N–H and O–H groups in total. The Bertz CT molecular complexity index is 466. The van der Waals surface area contributed by atoms with E-state index in [1.54, 1.807) is 12.1 Å². The summed E-state index contributed by atoms with van der Waals surface area (Å²) in [5, 5.41) is 0.752. The molecule has 0 aliphatic rings. The van der Waals surface area contributed by atoms with Gasteiger partial charge in [0.1, 0.15) is 11.6 Å². The molecule has 0 saturated heterocycles. The van der Waals surface area contributed by atoms with Crippen LogP contribution in [0.1, 0.15) is 6.92 Å². The Hall–Kier alpha value is -0.800. The highest BCUT2D eigenvalue weighted by Crippen LogP contribution is 2.36. The quantitative estimate of drug-likeness (QED) is 0.755. The van der Waals surface area contributed by atoms with Crippen LogP contribution >= 0.6 is 22.9 Å². The highest BCUT2D eigenvalue weighted by atomic mass is 35.5. The first-order valence-corrected chi connectivity index (χ1v) is 5.42. The molecule has 0 fully saturated rings. The molecule has 1 aromatic heterocycles. The smallest absolute Gasteiger partial charge is 0.141 e. The summed E-state index contributed by atoms with van der Waals surface area (Å²) in [6, 6.07) is 4.76. The Morgan fingerprint density at radius 3 is 3.00 bits per heavy atom. The average molecular weight is 231 g/mol. The zero-order valence-corrected chi connectivity index (χ0v) is 9.08. The average Bonchev–Trinajstić information content (AvgIpc) is 2.53. The lowest BCUT2D eigenvalue weighted by Gasteiger charge is -2.03. The molecule has 0 aliphatic carbocycles. The summed E-state index contributed by atoms with van der Waals surface area (Å²) in [4.78, 5) is 0. The Morgan fingerprint density at radius 2 is 2.29 bits per heavy atom. The van der Waals surface area contributed by atoms with Gasteiger partial charge in [-0.1, -0.05) is 11.6 Å². The highest BCUT2D eigenvalue weighted by molar-refractivity contribution is 7.22. The minimum Gasteiger partial charge on any atom is -0.493 e. The van der Waals surface area contributed by atoms with Gasteiger partial charge in [0.15, 0.2) is 0 Å². The molecule has 1 nitrogen and oxygen atoms in total. The van der Waals surface area contributed by atoms with Crippen molar-refractivity contribution in [3.8, 4) is 5.75 Å². The number of halogens is 2. The minimum atomic E-state index is -0.250. The topological polar surface area (TPSA) is 9.23 Å². The molecule has 0 atom stereocenters. The van der Waals surface area contributed by atoms with Crippen LogP contribution in [0, 0.1) is 5.82 Å². The first-order chi connectivity index (χ1) is 6.72. The highest BCUT2D eigenvalue weighted by Gasteiger charge is 2.10. The largest absolute Gasteiger partial charge is 0.493 e. The Kier molecular flexibility index (Phi) is 2.61. The molecule has 0 amide bonds. The van der Waals surface area contributed by atoms with Gasteiger partial charge in [-0.3, -0.25) is 0 Å². The van der Waals surface area contributed by atoms with Gasteiger partial charge in [0.05, 0.1) is 15.6 Å². The maximum atomic E-state index is 13.3. The summed E-state index contributed by atoms with van der Waals surface area (Å²) in [6.45, 7) is 2.46. The van der Waals surface area contributed by atoms with E-state index in [9.17, 15) is 4.39 Å². The van der Waals surface area contributed by atoms with Crippen LogP contribution in [0.25, 0.3) is 10.1 Å². The summed E-state index contributed by atoms with van der Waals surface area (Å²) in [5.41, 5.74) is 0. The van der Waals surface area contributed by atoms with Gasteiger partial charge in [-0.25, -0.2) is 4.39 Å². The summed E-state index contributed by atoms with van der Waals surface area (Å²) < 4.78 is 19.8. The number of hydrogen-bond acceptors (Lipinski definition) is 2. The van der Waals surface area contributed by atoms with E-state index in [2.05, 4.69) is 0 Å². The summed E-state index contributed by atoms with van der Waals surface area (Å²) in [6.07, 6.45) is 0. The fourth-order valence-corrected chi connectivity index (χ4v) is 2.46. The first kappa shape index (κ1) is 9.74. The molecule has 0 unspecified atom stereocenters. The molecule has 2 aromatic rings. The number of hydrogen-bond donors (Lipinski definition) is 0. The zero-order valence-electron chi connectivity index (χ0n) is 7.51. The van der Waals surface area contributed by atoms with Crippen LogP contribution in [0.2, 0.25) is 4.34 Å². The third-order valence-electron chi connectivity index (χ3n) is 1.87. The van der Waals surface area contributed by atoms with Gasteiger partial charge < -0.3 is 4.74 Å². The van der Waals surface area contributed by atoms with Crippen molar-refractivity contribution in [1.29, 1.82) is 0 Å². The van der Waals surface area contributed by atoms with Crippen LogP contribution in [0.3, 0.4) is 0 Å². The number of thiophene rings is 1. The van der Waals surface area contributed by atoms with Gasteiger partial charge in [-0.2, -0.15) is 0 Å². The van der Waals surface area contributed by atoms with E-state index in [4.69, 9.17) is 16.3 Å². The number of fused-ring (bicyclic) bond motifs is 1. The standard InChI is InChI=1S/C10H8ClFOS/c1-2-13-8-4-3-7(12)10-6(8)5-9(11)14-10/h3-5H,2H2,1H3. The molecule has 1 aromatic carbocycles. The molecule has 2 rings (SSSR count). The van der Waals surface area contributed by atoms with Gasteiger partial charge in [0, 0.05) is 5.39 Å². The molecule has 14 heavy (non-hydrogen) atoms. The van der Waals surface area contributed by atoms with Crippen molar-refractivity contribution >= 4 is 33.0 Å². The van der Waals surface area contributed by atoms with E-state index in [0.29, 0.717) is 21.4 Å². The molecule has 0 spiro atoms. The van der Waals surface area contributed by atoms with Crippen LogP contribution in [0.15, 0.2) is 18.2 Å². The summed E-state index contributed by atoms with van der Waals surface area (Å²) in [5.74, 6) is 0.437. The molecular weight excluding hydrogens is 223 g/mol. The lowest BCUT2D eigenvalue weighted by Crippen LogP contribution is -1.91. The third kappa shape index (κ3) is 1.57. The van der Waals surface area contributed by atoms with Crippen LogP contribution in [0.5, 0.6) is 5.75 Å². The third-order valence-corrected chi connectivity index (χ3v) is 3.14. The second-order valence-corrected chi connectivity index (χ2v) is 4.46. The number of ether oxygens (including phenoxy) is 1. The van der Waals surface area contributed by atoms with Crippen molar-refractivity contribution in [3.63, 3.8) is 0 Å². The van der Waals surface area contributed by atoms with Crippen LogP contribution in [-0.2, 0) is 0 Å². The van der Waals surface area contributed by atoms with Crippen LogP contribution < -0.4 is 4.74 Å².